The van der Waals surface area contributed by atoms with Crippen molar-refractivity contribution in [3.8, 4) is 0 Å². The van der Waals surface area contributed by atoms with Crippen LogP contribution in [0.15, 0.2) is 24.3 Å². The van der Waals surface area contributed by atoms with E-state index in [1.54, 1.807) is 7.11 Å². The van der Waals surface area contributed by atoms with Crippen LogP contribution in [0.5, 0.6) is 0 Å². The molecule has 5 nitrogen and oxygen atoms in total. The highest BCUT2D eigenvalue weighted by Crippen LogP contribution is 2.09. The fraction of sp³-hybridized carbons (Fsp3) is 0.462. The smallest absolute Gasteiger partial charge is 0.323 e. The third-order valence-electron chi connectivity index (χ3n) is 2.59. The van der Waals surface area contributed by atoms with E-state index in [-0.39, 0.29) is 6.61 Å². The molecule has 0 radical (unpaired) electrons. The van der Waals surface area contributed by atoms with Gasteiger partial charge in [-0.05, 0) is 11.1 Å². The molecule has 0 spiro atoms. The molecule has 18 heavy (non-hydrogen) atoms. The molecule has 1 aromatic carbocycles. The maximum Gasteiger partial charge on any atom is 0.323 e. The van der Waals surface area contributed by atoms with Crippen LogP contribution in [0.1, 0.15) is 11.1 Å². The molecule has 0 aliphatic rings. The molecule has 1 atom stereocenters. The summed E-state index contributed by atoms with van der Waals surface area (Å²) in [5.41, 5.74) is 2.08. The van der Waals surface area contributed by atoms with Gasteiger partial charge in [0.1, 0.15) is 6.04 Å². The van der Waals surface area contributed by atoms with Crippen molar-refractivity contribution >= 4 is 5.97 Å². The van der Waals surface area contributed by atoms with E-state index in [0.717, 1.165) is 11.1 Å². The van der Waals surface area contributed by atoms with Crippen LogP contribution in [-0.2, 0) is 27.4 Å². The molecule has 0 aliphatic carbocycles. The van der Waals surface area contributed by atoms with E-state index in [1.807, 2.05) is 24.3 Å². The van der Waals surface area contributed by atoms with Gasteiger partial charge in [0.15, 0.2) is 0 Å². The van der Waals surface area contributed by atoms with Crippen molar-refractivity contribution in [2.24, 2.45) is 0 Å². The second-order valence-electron chi connectivity index (χ2n) is 3.93. The second-order valence-corrected chi connectivity index (χ2v) is 3.93. The Bertz CT molecular complexity index is 381. The Morgan fingerprint density at radius 1 is 1.28 bits per heavy atom. The minimum Gasteiger partial charge on any atom is -0.480 e. The van der Waals surface area contributed by atoms with Gasteiger partial charge in [-0.15, -0.1) is 0 Å². The van der Waals surface area contributed by atoms with Gasteiger partial charge in [0.05, 0.1) is 13.2 Å². The maximum absolute atomic E-state index is 11.0. The average molecular weight is 253 g/mol. The highest BCUT2D eigenvalue weighted by atomic mass is 16.5. The lowest BCUT2D eigenvalue weighted by atomic mass is 10.1. The fourth-order valence-electron chi connectivity index (χ4n) is 1.64. The van der Waals surface area contributed by atoms with Crippen molar-refractivity contribution in [2.45, 2.75) is 19.2 Å². The molecule has 0 amide bonds. The molecule has 0 bridgehead atoms. The van der Waals surface area contributed by atoms with Crippen molar-refractivity contribution in [3.63, 3.8) is 0 Å². The van der Waals surface area contributed by atoms with Crippen LogP contribution in [0.4, 0.5) is 0 Å². The van der Waals surface area contributed by atoms with E-state index in [9.17, 15) is 4.79 Å². The first-order chi connectivity index (χ1) is 8.69. The lowest BCUT2D eigenvalue weighted by Gasteiger charge is -2.15. The van der Waals surface area contributed by atoms with Crippen LogP contribution < -0.4 is 5.32 Å². The predicted molar refractivity (Wildman–Crippen MR) is 67.3 cm³/mol. The molecule has 5 heteroatoms. The van der Waals surface area contributed by atoms with Crippen LogP contribution in [0.3, 0.4) is 0 Å². The van der Waals surface area contributed by atoms with Crippen LogP contribution in [0, 0.1) is 0 Å². The number of ether oxygens (including phenoxy) is 2. The highest BCUT2D eigenvalue weighted by molar-refractivity contribution is 5.73. The SMILES string of the molecule is COCc1ccccc1CNC(COC)C(=O)O. The minimum absolute atomic E-state index is 0.141. The zero-order chi connectivity index (χ0) is 13.4. The molecule has 0 fully saturated rings. The zero-order valence-electron chi connectivity index (χ0n) is 10.7. The van der Waals surface area contributed by atoms with Gasteiger partial charge >= 0.3 is 5.97 Å². The largest absolute Gasteiger partial charge is 0.480 e. The van der Waals surface area contributed by atoms with Gasteiger partial charge in [-0.3, -0.25) is 10.1 Å². The Morgan fingerprint density at radius 3 is 2.50 bits per heavy atom. The number of nitrogens with one attached hydrogen (secondary N) is 1. The molecule has 0 heterocycles. The monoisotopic (exact) mass is 253 g/mol. The molecule has 0 aromatic heterocycles. The number of hydrogen-bond acceptors (Lipinski definition) is 4. The summed E-state index contributed by atoms with van der Waals surface area (Å²) in [6.45, 7) is 1.13. The van der Waals surface area contributed by atoms with Crippen molar-refractivity contribution in [1.82, 2.24) is 5.32 Å². The van der Waals surface area contributed by atoms with Crippen LogP contribution in [0.25, 0.3) is 0 Å². The van der Waals surface area contributed by atoms with Gasteiger partial charge < -0.3 is 14.6 Å². The van der Waals surface area contributed by atoms with E-state index in [4.69, 9.17) is 14.6 Å². The summed E-state index contributed by atoms with van der Waals surface area (Å²) in [6, 6.07) is 7.06. The van der Waals surface area contributed by atoms with Crippen molar-refractivity contribution in [3.05, 3.63) is 35.4 Å². The molecule has 2 N–H and O–H groups in total. The Morgan fingerprint density at radius 2 is 1.94 bits per heavy atom. The Kier molecular flexibility index (Phi) is 6.35. The van der Waals surface area contributed by atoms with Gasteiger partial charge in [0.25, 0.3) is 0 Å². The van der Waals surface area contributed by atoms with Gasteiger partial charge in [-0.2, -0.15) is 0 Å². The molecule has 0 saturated carbocycles. The van der Waals surface area contributed by atoms with Crippen molar-refractivity contribution in [2.75, 3.05) is 20.8 Å². The van der Waals surface area contributed by atoms with Gasteiger partial charge in [0.2, 0.25) is 0 Å². The highest BCUT2D eigenvalue weighted by Gasteiger charge is 2.16. The lowest BCUT2D eigenvalue weighted by Crippen LogP contribution is -2.40. The molecule has 0 saturated heterocycles. The van der Waals surface area contributed by atoms with E-state index in [1.165, 1.54) is 7.11 Å². The Labute approximate surface area is 107 Å². The molecular weight excluding hydrogens is 234 g/mol. The zero-order valence-corrected chi connectivity index (χ0v) is 10.7. The summed E-state index contributed by atoms with van der Waals surface area (Å²) in [5.74, 6) is -0.916. The molecule has 1 unspecified atom stereocenters. The van der Waals surface area contributed by atoms with Crippen LogP contribution in [0.2, 0.25) is 0 Å². The first-order valence-electron chi connectivity index (χ1n) is 5.70. The number of rotatable bonds is 8. The summed E-state index contributed by atoms with van der Waals surface area (Å²) in [5, 5.41) is 11.9. The predicted octanol–water partition coefficient (Wildman–Crippen LogP) is 1.02. The third-order valence-corrected chi connectivity index (χ3v) is 2.59. The molecule has 1 aromatic rings. The Hall–Kier alpha value is -1.43. The minimum atomic E-state index is -0.916. The van der Waals surface area contributed by atoms with Gasteiger partial charge in [-0.25, -0.2) is 0 Å². The molecule has 1 rings (SSSR count). The van der Waals surface area contributed by atoms with Crippen LogP contribution >= 0.6 is 0 Å². The first kappa shape index (κ1) is 14.6. The number of carboxylic acids is 1. The topological polar surface area (TPSA) is 67.8 Å². The Balaban J connectivity index is 2.63. The number of carbonyl (C=O) groups is 1. The summed E-state index contributed by atoms with van der Waals surface area (Å²) in [6.07, 6.45) is 0. The van der Waals surface area contributed by atoms with E-state index < -0.39 is 12.0 Å². The summed E-state index contributed by atoms with van der Waals surface area (Å²) < 4.78 is 9.96. The quantitative estimate of drug-likeness (QED) is 0.724. The maximum atomic E-state index is 11.0. The summed E-state index contributed by atoms with van der Waals surface area (Å²) in [7, 11) is 3.12. The lowest BCUT2D eigenvalue weighted by molar-refractivity contribution is -0.140. The van der Waals surface area contributed by atoms with E-state index >= 15 is 0 Å². The second kappa shape index (κ2) is 7.81. The number of carboxylic acid groups (broad SMARTS) is 1. The number of aliphatic carboxylic acids is 1. The molecule has 0 aliphatic heterocycles. The molecule has 100 valence electrons. The number of benzene rings is 1. The van der Waals surface area contributed by atoms with Gasteiger partial charge in [0, 0.05) is 20.8 Å². The molecular formula is C13H19NO4. The van der Waals surface area contributed by atoms with Gasteiger partial charge in [-0.1, -0.05) is 24.3 Å². The average Bonchev–Trinajstić information content (AvgIpc) is 2.36. The number of hydrogen-bond donors (Lipinski definition) is 2. The van der Waals surface area contributed by atoms with Crippen molar-refractivity contribution < 1.29 is 19.4 Å². The summed E-state index contributed by atoms with van der Waals surface area (Å²) in [4.78, 5) is 11.0. The van der Waals surface area contributed by atoms with E-state index in [0.29, 0.717) is 13.2 Å². The first-order valence-corrected chi connectivity index (χ1v) is 5.70. The van der Waals surface area contributed by atoms with E-state index in [2.05, 4.69) is 5.32 Å². The normalized spacial score (nSPS) is 12.3. The number of methoxy groups -OCH3 is 2. The fourth-order valence-corrected chi connectivity index (χ4v) is 1.64. The summed E-state index contributed by atoms with van der Waals surface area (Å²) >= 11 is 0. The van der Waals surface area contributed by atoms with Crippen molar-refractivity contribution in [1.29, 1.82) is 0 Å². The third kappa shape index (κ3) is 4.44. The van der Waals surface area contributed by atoms with Crippen LogP contribution in [-0.4, -0.2) is 37.9 Å². The standard InChI is InChI=1S/C13H19NO4/c1-17-8-11-6-4-3-5-10(11)7-14-12(9-18-2)13(15)16/h3-6,12,14H,7-9H2,1-2H3,(H,15,16).